The van der Waals surface area contributed by atoms with Crippen LogP contribution in [0, 0.1) is 5.41 Å². The maximum atomic E-state index is 11.7. The molecule has 0 saturated heterocycles. The molecule has 0 aromatic heterocycles. The molecular weight excluding hydrogens is 268 g/mol. The lowest BCUT2D eigenvalue weighted by molar-refractivity contribution is -0.174. The topological polar surface area (TPSA) is 52.6 Å². The van der Waals surface area contributed by atoms with Gasteiger partial charge in [-0.1, -0.05) is 28.2 Å². The van der Waals surface area contributed by atoms with Crippen molar-refractivity contribution < 1.29 is 19.1 Å². The number of esters is 2. The number of hydrogen-bond acceptors (Lipinski definition) is 4. The van der Waals surface area contributed by atoms with Gasteiger partial charge < -0.3 is 9.47 Å². The van der Waals surface area contributed by atoms with E-state index in [4.69, 9.17) is 9.47 Å². The van der Waals surface area contributed by atoms with Crippen molar-refractivity contribution in [2.75, 3.05) is 6.61 Å². The maximum absolute atomic E-state index is 11.7. The van der Waals surface area contributed by atoms with E-state index in [0.29, 0.717) is 6.42 Å². The molecule has 0 spiro atoms. The summed E-state index contributed by atoms with van der Waals surface area (Å²) < 4.78 is 10.5. The van der Waals surface area contributed by atoms with E-state index < -0.39 is 11.4 Å². The second kappa shape index (κ2) is 9.06. The number of carbonyl (C=O) groups excluding carboxylic acids is 2. The van der Waals surface area contributed by atoms with Crippen LogP contribution in [0.25, 0.3) is 0 Å². The van der Waals surface area contributed by atoms with Crippen LogP contribution < -0.4 is 0 Å². The van der Waals surface area contributed by atoms with Crippen molar-refractivity contribution in [2.24, 2.45) is 5.41 Å². The van der Waals surface area contributed by atoms with Gasteiger partial charge in [-0.15, -0.1) is 0 Å². The second-order valence-corrected chi connectivity index (χ2v) is 6.30. The molecule has 0 radical (unpaired) electrons. The molecule has 0 aromatic rings. The van der Waals surface area contributed by atoms with Gasteiger partial charge in [0.2, 0.25) is 0 Å². The predicted octanol–water partition coefficient (Wildman–Crippen LogP) is 4.50. The first-order valence-corrected chi connectivity index (χ1v) is 7.18. The Kier molecular flexibility index (Phi) is 9.59. The zero-order valence-corrected chi connectivity index (χ0v) is 12.6. The molecule has 0 amide bonds. The Morgan fingerprint density at radius 3 is 2.10 bits per heavy atom. The summed E-state index contributed by atoms with van der Waals surface area (Å²) in [4.78, 5) is 23.5. The van der Waals surface area contributed by atoms with Crippen LogP contribution >= 0.6 is 0 Å². The molecule has 1 aliphatic rings. The smallest absolute Gasteiger partial charge is 0.344 e. The maximum Gasteiger partial charge on any atom is 0.344 e. The van der Waals surface area contributed by atoms with Crippen molar-refractivity contribution in [3.63, 3.8) is 0 Å². The van der Waals surface area contributed by atoms with E-state index in [9.17, 15) is 9.59 Å². The van der Waals surface area contributed by atoms with Gasteiger partial charge in [-0.2, -0.15) is 0 Å². The first-order valence-electron chi connectivity index (χ1n) is 7.18. The third kappa shape index (κ3) is 6.96. The van der Waals surface area contributed by atoms with Gasteiger partial charge >= 0.3 is 11.9 Å². The van der Waals surface area contributed by atoms with Crippen molar-refractivity contribution in [1.82, 2.24) is 0 Å². The van der Waals surface area contributed by atoms with Crippen molar-refractivity contribution in [1.29, 1.82) is 0 Å². The highest BCUT2D eigenvalue weighted by molar-refractivity contribution is 5.79. The summed E-state index contributed by atoms with van der Waals surface area (Å²) in [6, 6.07) is 0. The van der Waals surface area contributed by atoms with Crippen molar-refractivity contribution >= 4 is 11.9 Å². The molecule has 1 aliphatic carbocycles. The Balaban J connectivity index is 0. The van der Waals surface area contributed by atoms with E-state index in [1.807, 2.05) is 27.7 Å². The highest BCUT2D eigenvalue weighted by atomic mass is 16.6. The van der Waals surface area contributed by atoms with Crippen molar-refractivity contribution in [3.05, 3.63) is 0 Å². The number of hydrogen-bond donors (Lipinski definition) is 0. The first-order chi connectivity index (χ1) is 8.79. The van der Waals surface area contributed by atoms with Gasteiger partial charge in [-0.25, -0.2) is 4.79 Å². The Morgan fingerprint density at radius 2 is 1.62 bits per heavy atom. The van der Waals surface area contributed by atoms with Crippen molar-refractivity contribution in [2.45, 2.75) is 86.7 Å². The molecular formula is C17H34O4. The highest BCUT2D eigenvalue weighted by Crippen LogP contribution is 2.31. The summed E-state index contributed by atoms with van der Waals surface area (Å²) in [5.41, 5.74) is -0.920. The number of rotatable bonds is 5. The first kappa shape index (κ1) is 22.2. The van der Waals surface area contributed by atoms with Crippen LogP contribution in [-0.4, -0.2) is 24.1 Å². The van der Waals surface area contributed by atoms with Crippen LogP contribution in [0.3, 0.4) is 0 Å². The Hall–Kier alpha value is -1.06. The lowest BCUT2D eigenvalue weighted by Gasteiger charge is -2.33. The summed E-state index contributed by atoms with van der Waals surface area (Å²) in [5.74, 6) is -0.787. The van der Waals surface area contributed by atoms with E-state index >= 15 is 0 Å². The standard InChI is InChI=1S/C15H26O4.2CH4/c1-5-14(2,3)13(17)18-11-12(16)19-15(4)9-7-6-8-10-15;;/h5-11H2,1-4H3;2*1H4. The summed E-state index contributed by atoms with van der Waals surface area (Å²) >= 11 is 0. The normalized spacial score (nSPS) is 17.0. The third-order valence-electron chi connectivity index (χ3n) is 4.03. The van der Waals surface area contributed by atoms with Gasteiger partial charge in [0, 0.05) is 0 Å². The minimum Gasteiger partial charge on any atom is -0.457 e. The van der Waals surface area contributed by atoms with E-state index in [1.165, 1.54) is 6.42 Å². The largest absolute Gasteiger partial charge is 0.457 e. The van der Waals surface area contributed by atoms with Crippen LogP contribution in [0.15, 0.2) is 0 Å². The van der Waals surface area contributed by atoms with Crippen LogP contribution in [0.5, 0.6) is 0 Å². The molecule has 1 saturated carbocycles. The molecule has 21 heavy (non-hydrogen) atoms. The number of ether oxygens (including phenoxy) is 2. The number of carbonyl (C=O) groups is 2. The van der Waals surface area contributed by atoms with E-state index in [1.54, 1.807) is 0 Å². The van der Waals surface area contributed by atoms with Gasteiger partial charge in [0.15, 0.2) is 6.61 Å². The zero-order chi connectivity index (χ0) is 14.5. The van der Waals surface area contributed by atoms with Crippen LogP contribution in [0.2, 0.25) is 0 Å². The molecule has 0 aromatic carbocycles. The summed E-state index contributed by atoms with van der Waals surface area (Å²) in [6.45, 7) is 7.22. The van der Waals surface area contributed by atoms with Crippen LogP contribution in [0.1, 0.15) is 81.1 Å². The second-order valence-electron chi connectivity index (χ2n) is 6.30. The van der Waals surface area contributed by atoms with Gasteiger partial charge in [0.25, 0.3) is 0 Å². The average Bonchev–Trinajstić information content (AvgIpc) is 2.36. The Labute approximate surface area is 130 Å². The quantitative estimate of drug-likeness (QED) is 0.701. The minimum absolute atomic E-state index is 0. The summed E-state index contributed by atoms with van der Waals surface area (Å²) in [5, 5.41) is 0. The molecule has 0 bridgehead atoms. The van der Waals surface area contributed by atoms with E-state index in [2.05, 4.69) is 0 Å². The molecule has 4 heteroatoms. The Bertz CT molecular complexity index is 328. The van der Waals surface area contributed by atoms with Gasteiger partial charge in [-0.05, 0) is 52.9 Å². The Morgan fingerprint density at radius 1 is 1.10 bits per heavy atom. The van der Waals surface area contributed by atoms with Crippen LogP contribution in [0.4, 0.5) is 0 Å². The predicted molar refractivity (Wildman–Crippen MR) is 86.1 cm³/mol. The van der Waals surface area contributed by atoms with E-state index in [-0.39, 0.29) is 33.0 Å². The molecule has 1 fully saturated rings. The summed E-state index contributed by atoms with van der Waals surface area (Å²) in [6.07, 6.45) is 5.85. The SMILES string of the molecule is C.C.CCC(C)(C)C(=O)OCC(=O)OC1(C)CCCCC1. The molecule has 0 N–H and O–H groups in total. The van der Waals surface area contributed by atoms with Gasteiger partial charge in [-0.3, -0.25) is 4.79 Å². The lowest BCUT2D eigenvalue weighted by Crippen LogP contribution is -2.36. The fourth-order valence-corrected chi connectivity index (χ4v) is 2.17. The molecule has 1 rings (SSSR count). The van der Waals surface area contributed by atoms with Gasteiger partial charge in [0.1, 0.15) is 5.60 Å². The molecule has 0 atom stereocenters. The molecule has 126 valence electrons. The molecule has 4 nitrogen and oxygen atoms in total. The molecule has 0 aliphatic heterocycles. The molecule has 0 unspecified atom stereocenters. The summed E-state index contributed by atoms with van der Waals surface area (Å²) in [7, 11) is 0. The van der Waals surface area contributed by atoms with E-state index in [0.717, 1.165) is 25.7 Å². The third-order valence-corrected chi connectivity index (χ3v) is 4.03. The lowest BCUT2D eigenvalue weighted by atomic mass is 9.86. The average molecular weight is 302 g/mol. The van der Waals surface area contributed by atoms with Crippen LogP contribution in [-0.2, 0) is 19.1 Å². The molecule has 0 heterocycles. The van der Waals surface area contributed by atoms with Gasteiger partial charge in [0.05, 0.1) is 5.41 Å². The monoisotopic (exact) mass is 302 g/mol. The zero-order valence-electron chi connectivity index (χ0n) is 12.6. The highest BCUT2D eigenvalue weighted by Gasteiger charge is 2.32. The minimum atomic E-state index is -0.547. The fraction of sp³-hybridized carbons (Fsp3) is 0.882. The van der Waals surface area contributed by atoms with Crippen molar-refractivity contribution in [3.8, 4) is 0 Å². The fourth-order valence-electron chi connectivity index (χ4n) is 2.17.